The minimum Gasteiger partial charge on any atom is -0.465 e. The molecule has 0 aliphatic carbocycles. The van der Waals surface area contributed by atoms with Crippen molar-refractivity contribution >= 4 is 23.6 Å². The van der Waals surface area contributed by atoms with Crippen molar-refractivity contribution in [2.75, 3.05) is 12.5 Å². The minimum atomic E-state index is -0.443. The number of nitrogens with one attached hydrogen (secondary N) is 1. The first-order valence-corrected chi connectivity index (χ1v) is 9.23. The summed E-state index contributed by atoms with van der Waals surface area (Å²) in [6.07, 6.45) is 1.71. The SMILES string of the molecule is COC(=O)c1ccc(-n2c(C)cc(/C=N/Nc3ccc([N+](=O)[O-])cc3)c2C)c(C)c1. The molecule has 3 aromatic rings. The number of nitro groups is 1. The number of ether oxygens (including phenoxy) is 1. The van der Waals surface area contributed by atoms with Gasteiger partial charge in [-0.25, -0.2) is 4.79 Å². The fourth-order valence-corrected chi connectivity index (χ4v) is 3.27. The predicted octanol–water partition coefficient (Wildman–Crippen LogP) is 4.54. The second-order valence-corrected chi connectivity index (χ2v) is 6.83. The molecule has 0 saturated carbocycles. The Kier molecular flexibility index (Phi) is 5.96. The lowest BCUT2D eigenvalue weighted by molar-refractivity contribution is -0.384. The van der Waals surface area contributed by atoms with Crippen molar-refractivity contribution in [3.05, 3.63) is 86.7 Å². The van der Waals surface area contributed by atoms with Crippen LogP contribution in [0.2, 0.25) is 0 Å². The van der Waals surface area contributed by atoms with Gasteiger partial charge in [-0.3, -0.25) is 15.5 Å². The molecule has 0 amide bonds. The van der Waals surface area contributed by atoms with Gasteiger partial charge in [-0.15, -0.1) is 0 Å². The number of non-ortho nitro benzene ring substituents is 1. The molecule has 0 fully saturated rings. The van der Waals surface area contributed by atoms with Crippen molar-refractivity contribution in [2.45, 2.75) is 20.8 Å². The van der Waals surface area contributed by atoms with Gasteiger partial charge in [0.05, 0.1) is 29.5 Å². The number of methoxy groups -OCH3 is 1. The Morgan fingerprint density at radius 3 is 2.43 bits per heavy atom. The summed E-state index contributed by atoms with van der Waals surface area (Å²) in [7, 11) is 1.36. The van der Waals surface area contributed by atoms with Crippen LogP contribution in [0.25, 0.3) is 5.69 Å². The molecular formula is C22H22N4O4. The van der Waals surface area contributed by atoms with Crippen LogP contribution in [0.15, 0.2) is 53.6 Å². The number of aromatic nitrogens is 1. The van der Waals surface area contributed by atoms with Crippen LogP contribution in [0.1, 0.15) is 32.9 Å². The van der Waals surface area contributed by atoms with Crippen molar-refractivity contribution in [2.24, 2.45) is 5.10 Å². The van der Waals surface area contributed by atoms with Gasteiger partial charge >= 0.3 is 5.97 Å². The van der Waals surface area contributed by atoms with Gasteiger partial charge in [0.2, 0.25) is 0 Å². The topological polar surface area (TPSA) is 98.8 Å². The van der Waals surface area contributed by atoms with Gasteiger partial charge in [-0.2, -0.15) is 5.10 Å². The molecule has 3 rings (SSSR count). The molecule has 0 radical (unpaired) electrons. The van der Waals surface area contributed by atoms with Crippen molar-refractivity contribution in [3.63, 3.8) is 0 Å². The smallest absolute Gasteiger partial charge is 0.337 e. The van der Waals surface area contributed by atoms with Crippen molar-refractivity contribution in [3.8, 4) is 5.69 Å². The maximum atomic E-state index is 11.8. The highest BCUT2D eigenvalue weighted by atomic mass is 16.6. The third-order valence-electron chi connectivity index (χ3n) is 4.80. The highest BCUT2D eigenvalue weighted by Crippen LogP contribution is 2.24. The highest BCUT2D eigenvalue weighted by molar-refractivity contribution is 5.90. The zero-order valence-corrected chi connectivity index (χ0v) is 17.2. The van der Waals surface area contributed by atoms with Crippen molar-refractivity contribution in [1.29, 1.82) is 0 Å². The summed E-state index contributed by atoms with van der Waals surface area (Å²) in [5.41, 5.74) is 8.95. The number of hydrogen-bond donors (Lipinski definition) is 1. The second-order valence-electron chi connectivity index (χ2n) is 6.83. The summed E-state index contributed by atoms with van der Waals surface area (Å²) in [5, 5.41) is 15.0. The molecule has 0 aliphatic heterocycles. The van der Waals surface area contributed by atoms with Crippen molar-refractivity contribution in [1.82, 2.24) is 4.57 Å². The van der Waals surface area contributed by atoms with Gasteiger partial charge in [0.15, 0.2) is 0 Å². The maximum Gasteiger partial charge on any atom is 0.337 e. The lowest BCUT2D eigenvalue weighted by atomic mass is 10.1. The van der Waals surface area contributed by atoms with Gasteiger partial charge in [-0.1, -0.05) is 0 Å². The first-order chi connectivity index (χ1) is 14.3. The number of hydrazone groups is 1. The molecule has 0 spiro atoms. The van der Waals surface area contributed by atoms with E-state index in [1.54, 1.807) is 24.4 Å². The van der Waals surface area contributed by atoms with Crippen LogP contribution in [0, 0.1) is 30.9 Å². The molecule has 0 atom stereocenters. The number of anilines is 1. The molecule has 2 aromatic carbocycles. The summed E-state index contributed by atoms with van der Waals surface area (Å²) in [4.78, 5) is 22.0. The normalized spacial score (nSPS) is 10.9. The van der Waals surface area contributed by atoms with E-state index in [1.165, 1.54) is 19.2 Å². The largest absolute Gasteiger partial charge is 0.465 e. The molecular weight excluding hydrogens is 384 g/mol. The van der Waals surface area contributed by atoms with Crippen LogP contribution in [0.3, 0.4) is 0 Å². The highest BCUT2D eigenvalue weighted by Gasteiger charge is 2.13. The Bertz CT molecular complexity index is 1130. The fraction of sp³-hybridized carbons (Fsp3) is 0.182. The van der Waals surface area contributed by atoms with Crippen molar-refractivity contribution < 1.29 is 14.5 Å². The molecule has 0 aliphatic rings. The van der Waals surface area contributed by atoms with E-state index in [4.69, 9.17) is 4.74 Å². The van der Waals surface area contributed by atoms with Crippen LogP contribution in [0.4, 0.5) is 11.4 Å². The summed E-state index contributed by atoms with van der Waals surface area (Å²) in [6, 6.07) is 13.5. The second kappa shape index (κ2) is 8.60. The Morgan fingerprint density at radius 1 is 1.13 bits per heavy atom. The monoisotopic (exact) mass is 406 g/mol. The molecule has 8 nitrogen and oxygen atoms in total. The van der Waals surface area contributed by atoms with E-state index >= 15 is 0 Å². The number of carbonyl (C=O) groups excluding carboxylic acids is 1. The van der Waals surface area contributed by atoms with Crippen LogP contribution in [0.5, 0.6) is 0 Å². The van der Waals surface area contributed by atoms with Crippen LogP contribution < -0.4 is 5.43 Å². The van der Waals surface area contributed by atoms with Gasteiger partial charge in [0.1, 0.15) is 0 Å². The summed E-state index contributed by atoms with van der Waals surface area (Å²) < 4.78 is 6.88. The van der Waals surface area contributed by atoms with Gasteiger partial charge in [-0.05, 0) is 62.7 Å². The first-order valence-electron chi connectivity index (χ1n) is 9.23. The maximum absolute atomic E-state index is 11.8. The van der Waals surface area contributed by atoms with Crippen LogP contribution in [-0.4, -0.2) is 28.8 Å². The number of carbonyl (C=O) groups is 1. The minimum absolute atomic E-state index is 0.0293. The molecule has 1 heterocycles. The zero-order valence-electron chi connectivity index (χ0n) is 17.2. The molecule has 1 N–H and O–H groups in total. The zero-order chi connectivity index (χ0) is 21.8. The number of nitrogens with zero attached hydrogens (tertiary/aromatic N) is 3. The molecule has 30 heavy (non-hydrogen) atoms. The van der Waals surface area contributed by atoms with E-state index < -0.39 is 4.92 Å². The summed E-state index contributed by atoms with van der Waals surface area (Å²) in [5.74, 6) is -0.365. The fourth-order valence-electron chi connectivity index (χ4n) is 3.27. The Morgan fingerprint density at radius 2 is 1.83 bits per heavy atom. The lowest BCUT2D eigenvalue weighted by Gasteiger charge is -2.13. The third kappa shape index (κ3) is 4.22. The number of nitro benzene ring substituents is 1. The van der Waals surface area contributed by atoms with E-state index in [0.717, 1.165) is 28.2 Å². The first kappa shape index (κ1) is 20.8. The van der Waals surface area contributed by atoms with Crippen LogP contribution in [-0.2, 0) is 4.74 Å². The predicted molar refractivity (Wildman–Crippen MR) is 116 cm³/mol. The van der Waals surface area contributed by atoms with E-state index in [9.17, 15) is 14.9 Å². The van der Waals surface area contributed by atoms with E-state index in [0.29, 0.717) is 11.3 Å². The van der Waals surface area contributed by atoms with E-state index in [2.05, 4.69) is 15.1 Å². The molecule has 0 bridgehead atoms. The molecule has 154 valence electrons. The average Bonchev–Trinajstić information content (AvgIpc) is 3.01. The summed E-state index contributed by atoms with van der Waals surface area (Å²) >= 11 is 0. The standard InChI is InChI=1S/C22H22N4O4/c1-14-11-17(22(27)30-4)5-10-21(14)25-15(2)12-18(16(25)3)13-23-24-19-6-8-20(9-7-19)26(28)29/h5-13,24H,1-4H3/b23-13+. The number of hydrogen-bond acceptors (Lipinski definition) is 6. The molecule has 0 unspecified atom stereocenters. The lowest BCUT2D eigenvalue weighted by Crippen LogP contribution is -2.06. The van der Waals surface area contributed by atoms with Crippen LogP contribution >= 0.6 is 0 Å². The van der Waals surface area contributed by atoms with E-state index in [-0.39, 0.29) is 11.7 Å². The quantitative estimate of drug-likeness (QED) is 0.280. The number of rotatable bonds is 6. The number of benzene rings is 2. The van der Waals surface area contributed by atoms with Gasteiger partial charge in [0, 0.05) is 34.8 Å². The third-order valence-corrected chi connectivity index (χ3v) is 4.80. The molecule has 8 heteroatoms. The van der Waals surface area contributed by atoms with Gasteiger partial charge in [0.25, 0.3) is 5.69 Å². The van der Waals surface area contributed by atoms with Gasteiger partial charge < -0.3 is 9.30 Å². The molecule has 1 aromatic heterocycles. The molecule has 0 saturated heterocycles. The Labute approximate surface area is 173 Å². The Balaban J connectivity index is 1.82. The summed E-state index contributed by atoms with van der Waals surface area (Å²) in [6.45, 7) is 5.94. The number of aryl methyl sites for hydroxylation is 2. The average molecular weight is 406 g/mol. The number of esters is 1. The van der Waals surface area contributed by atoms with E-state index in [1.807, 2.05) is 39.0 Å². The Hall–Kier alpha value is -3.94.